The van der Waals surface area contributed by atoms with E-state index in [0.29, 0.717) is 11.3 Å². The number of rotatable bonds is 5. The van der Waals surface area contributed by atoms with E-state index in [9.17, 15) is 0 Å². The average Bonchev–Trinajstić information content (AvgIpc) is 2.46. The number of nitriles is 1. The van der Waals surface area contributed by atoms with E-state index in [1.807, 2.05) is 6.07 Å². The number of benzene rings is 1. The summed E-state index contributed by atoms with van der Waals surface area (Å²) in [5, 5.41) is 12.2. The summed E-state index contributed by atoms with van der Waals surface area (Å²) in [6.45, 7) is 5.72. The standard InChI is InChI=1S/C14H20N4O/c15-11-12-10-13(2-3-14(12)16)17-4-1-5-18-6-8-19-9-7-18/h2-3,10,17H,1,4-9,16H2. The molecule has 1 saturated heterocycles. The number of nitrogens with two attached hydrogens (primary N) is 1. The van der Waals surface area contributed by atoms with E-state index < -0.39 is 0 Å². The van der Waals surface area contributed by atoms with Gasteiger partial charge in [0.1, 0.15) is 6.07 Å². The number of nitrogens with zero attached hydrogens (tertiary/aromatic N) is 2. The lowest BCUT2D eigenvalue weighted by molar-refractivity contribution is 0.0378. The lowest BCUT2D eigenvalue weighted by atomic mass is 10.2. The normalized spacial score (nSPS) is 15.9. The third kappa shape index (κ3) is 4.12. The van der Waals surface area contributed by atoms with Gasteiger partial charge in [-0.2, -0.15) is 5.26 Å². The summed E-state index contributed by atoms with van der Waals surface area (Å²) in [7, 11) is 0. The van der Waals surface area contributed by atoms with Crippen molar-refractivity contribution in [3.63, 3.8) is 0 Å². The highest BCUT2D eigenvalue weighted by molar-refractivity contribution is 5.61. The largest absolute Gasteiger partial charge is 0.398 e. The Morgan fingerprint density at radius 2 is 2.16 bits per heavy atom. The maximum absolute atomic E-state index is 8.91. The second kappa shape index (κ2) is 6.98. The molecular weight excluding hydrogens is 240 g/mol. The summed E-state index contributed by atoms with van der Waals surface area (Å²) in [6.07, 6.45) is 1.08. The van der Waals surface area contributed by atoms with Crippen molar-refractivity contribution in [2.45, 2.75) is 6.42 Å². The molecule has 0 amide bonds. The smallest absolute Gasteiger partial charge is 0.101 e. The molecule has 0 saturated carbocycles. The molecule has 19 heavy (non-hydrogen) atoms. The quantitative estimate of drug-likeness (QED) is 0.616. The number of nitrogens with one attached hydrogen (secondary N) is 1. The first-order valence-corrected chi connectivity index (χ1v) is 6.63. The number of anilines is 2. The first-order chi connectivity index (χ1) is 9.29. The van der Waals surface area contributed by atoms with Crippen LogP contribution in [0.3, 0.4) is 0 Å². The summed E-state index contributed by atoms with van der Waals surface area (Å²) in [4.78, 5) is 2.41. The van der Waals surface area contributed by atoms with Crippen molar-refractivity contribution in [3.8, 4) is 6.07 Å². The lowest BCUT2D eigenvalue weighted by Gasteiger charge is -2.26. The van der Waals surface area contributed by atoms with Gasteiger partial charge in [-0.3, -0.25) is 4.90 Å². The van der Waals surface area contributed by atoms with Crippen LogP contribution in [0.2, 0.25) is 0 Å². The molecule has 1 heterocycles. The number of morpholine rings is 1. The molecule has 5 nitrogen and oxygen atoms in total. The molecule has 0 bridgehead atoms. The molecule has 0 aliphatic carbocycles. The molecule has 102 valence electrons. The summed E-state index contributed by atoms with van der Waals surface area (Å²) in [5.41, 5.74) is 7.69. The molecule has 0 spiro atoms. The third-order valence-corrected chi connectivity index (χ3v) is 3.26. The van der Waals surface area contributed by atoms with Gasteiger partial charge in [-0.25, -0.2) is 0 Å². The Labute approximate surface area is 114 Å². The monoisotopic (exact) mass is 260 g/mol. The Kier molecular flexibility index (Phi) is 5.01. The Morgan fingerprint density at radius 1 is 1.37 bits per heavy atom. The number of hydrogen-bond donors (Lipinski definition) is 2. The first kappa shape index (κ1) is 13.7. The van der Waals surface area contributed by atoms with Gasteiger partial charge in [0.2, 0.25) is 0 Å². The van der Waals surface area contributed by atoms with Crippen molar-refractivity contribution in [1.82, 2.24) is 4.90 Å². The van der Waals surface area contributed by atoms with Crippen molar-refractivity contribution in [3.05, 3.63) is 23.8 Å². The Balaban J connectivity index is 1.72. The van der Waals surface area contributed by atoms with Crippen molar-refractivity contribution in [2.24, 2.45) is 0 Å². The molecule has 0 radical (unpaired) electrons. The molecule has 5 heteroatoms. The molecule has 1 fully saturated rings. The number of ether oxygens (including phenoxy) is 1. The SMILES string of the molecule is N#Cc1cc(NCCCN2CCOCC2)ccc1N. The minimum atomic E-state index is 0.526. The number of hydrogen-bond acceptors (Lipinski definition) is 5. The van der Waals surface area contributed by atoms with E-state index in [0.717, 1.165) is 51.5 Å². The van der Waals surface area contributed by atoms with Gasteiger partial charge in [0.15, 0.2) is 0 Å². The highest BCUT2D eigenvalue weighted by Crippen LogP contribution is 2.16. The zero-order chi connectivity index (χ0) is 13.5. The predicted molar refractivity (Wildman–Crippen MR) is 75.9 cm³/mol. The van der Waals surface area contributed by atoms with E-state index in [1.54, 1.807) is 12.1 Å². The van der Waals surface area contributed by atoms with Gasteiger partial charge < -0.3 is 15.8 Å². The van der Waals surface area contributed by atoms with Crippen LogP contribution in [-0.2, 0) is 4.74 Å². The zero-order valence-electron chi connectivity index (χ0n) is 11.1. The van der Waals surface area contributed by atoms with E-state index in [4.69, 9.17) is 15.7 Å². The van der Waals surface area contributed by atoms with Crippen LogP contribution in [0, 0.1) is 11.3 Å². The summed E-state index contributed by atoms with van der Waals surface area (Å²) in [6, 6.07) is 7.56. The highest BCUT2D eigenvalue weighted by atomic mass is 16.5. The second-order valence-corrected chi connectivity index (χ2v) is 4.65. The maximum atomic E-state index is 8.91. The fourth-order valence-corrected chi connectivity index (χ4v) is 2.12. The van der Waals surface area contributed by atoms with Crippen LogP contribution in [0.1, 0.15) is 12.0 Å². The van der Waals surface area contributed by atoms with Crippen LogP contribution < -0.4 is 11.1 Å². The number of nitrogen functional groups attached to an aromatic ring is 1. The lowest BCUT2D eigenvalue weighted by Crippen LogP contribution is -2.37. The van der Waals surface area contributed by atoms with Gasteiger partial charge in [0.25, 0.3) is 0 Å². The summed E-state index contributed by atoms with van der Waals surface area (Å²) < 4.78 is 5.31. The van der Waals surface area contributed by atoms with Crippen molar-refractivity contribution in [1.29, 1.82) is 5.26 Å². The third-order valence-electron chi connectivity index (χ3n) is 3.26. The fourth-order valence-electron chi connectivity index (χ4n) is 2.12. The molecule has 1 aliphatic rings. The van der Waals surface area contributed by atoms with Crippen LogP contribution in [0.4, 0.5) is 11.4 Å². The van der Waals surface area contributed by atoms with E-state index in [1.165, 1.54) is 0 Å². The summed E-state index contributed by atoms with van der Waals surface area (Å²) >= 11 is 0. The van der Waals surface area contributed by atoms with E-state index in [-0.39, 0.29) is 0 Å². The van der Waals surface area contributed by atoms with Crippen molar-refractivity contribution < 1.29 is 4.74 Å². The minimum absolute atomic E-state index is 0.526. The van der Waals surface area contributed by atoms with Gasteiger partial charge >= 0.3 is 0 Å². The van der Waals surface area contributed by atoms with Crippen LogP contribution in [0.25, 0.3) is 0 Å². The minimum Gasteiger partial charge on any atom is -0.398 e. The van der Waals surface area contributed by atoms with Gasteiger partial charge in [0.05, 0.1) is 18.8 Å². The van der Waals surface area contributed by atoms with Crippen molar-refractivity contribution >= 4 is 11.4 Å². The van der Waals surface area contributed by atoms with Crippen LogP contribution in [0.5, 0.6) is 0 Å². The molecule has 1 aromatic rings. The van der Waals surface area contributed by atoms with Crippen LogP contribution in [-0.4, -0.2) is 44.3 Å². The highest BCUT2D eigenvalue weighted by Gasteiger charge is 2.09. The molecular formula is C14H20N4O. The average molecular weight is 260 g/mol. The Morgan fingerprint density at radius 3 is 2.89 bits per heavy atom. The summed E-state index contributed by atoms with van der Waals surface area (Å²) in [5.74, 6) is 0. The van der Waals surface area contributed by atoms with Crippen LogP contribution in [0.15, 0.2) is 18.2 Å². The maximum Gasteiger partial charge on any atom is 0.101 e. The zero-order valence-corrected chi connectivity index (χ0v) is 11.1. The molecule has 0 unspecified atom stereocenters. The van der Waals surface area contributed by atoms with Crippen molar-refractivity contribution in [2.75, 3.05) is 50.4 Å². The fraction of sp³-hybridized carbons (Fsp3) is 0.500. The molecule has 2 rings (SSSR count). The Hall–Kier alpha value is -1.77. The van der Waals surface area contributed by atoms with Gasteiger partial charge in [-0.05, 0) is 31.2 Å². The topological polar surface area (TPSA) is 74.3 Å². The molecule has 3 N–H and O–H groups in total. The van der Waals surface area contributed by atoms with E-state index >= 15 is 0 Å². The predicted octanol–water partition coefficient (Wildman–Crippen LogP) is 1.27. The van der Waals surface area contributed by atoms with Gasteiger partial charge in [-0.15, -0.1) is 0 Å². The molecule has 1 aliphatic heterocycles. The molecule has 1 aromatic carbocycles. The molecule has 0 atom stereocenters. The van der Waals surface area contributed by atoms with E-state index in [2.05, 4.69) is 16.3 Å². The van der Waals surface area contributed by atoms with Gasteiger partial charge in [-0.1, -0.05) is 0 Å². The first-order valence-electron chi connectivity index (χ1n) is 6.63. The Bertz CT molecular complexity index is 449. The molecule has 0 aromatic heterocycles. The second-order valence-electron chi connectivity index (χ2n) is 4.65. The van der Waals surface area contributed by atoms with Gasteiger partial charge in [0, 0.05) is 31.0 Å². The van der Waals surface area contributed by atoms with Crippen LogP contribution >= 0.6 is 0 Å².